The quantitative estimate of drug-likeness (QED) is 0.610. The summed E-state index contributed by atoms with van der Waals surface area (Å²) in [6.45, 7) is 4.52. The van der Waals surface area contributed by atoms with Crippen molar-refractivity contribution in [2.45, 2.75) is 64.3 Å². The van der Waals surface area contributed by atoms with Crippen LogP contribution in [0, 0.1) is 6.92 Å². The van der Waals surface area contributed by atoms with Gasteiger partial charge in [0.1, 0.15) is 11.3 Å². The van der Waals surface area contributed by atoms with Crippen LogP contribution in [0.5, 0.6) is 5.75 Å². The van der Waals surface area contributed by atoms with Gasteiger partial charge in [-0.15, -0.1) is 0 Å². The molecule has 0 unspecified atom stereocenters. The highest BCUT2D eigenvalue weighted by atomic mass is 16.5. The number of benzene rings is 1. The lowest BCUT2D eigenvalue weighted by molar-refractivity contribution is -0.123. The normalized spacial score (nSPS) is 15.4. The Balaban J connectivity index is 1.50. The molecule has 2 N–H and O–H groups in total. The van der Waals surface area contributed by atoms with Crippen molar-refractivity contribution < 1.29 is 18.8 Å². The summed E-state index contributed by atoms with van der Waals surface area (Å²) in [6, 6.07) is 7.13. The molecule has 0 saturated heterocycles. The predicted octanol–water partition coefficient (Wildman–Crippen LogP) is 3.26. The van der Waals surface area contributed by atoms with Gasteiger partial charge in [0, 0.05) is 19.9 Å². The zero-order valence-corrected chi connectivity index (χ0v) is 17.7. The van der Waals surface area contributed by atoms with E-state index in [1.807, 2.05) is 13.0 Å². The van der Waals surface area contributed by atoms with E-state index in [2.05, 4.69) is 20.8 Å². The van der Waals surface area contributed by atoms with Crippen LogP contribution in [0.3, 0.4) is 0 Å². The minimum atomic E-state index is -0.549. The number of aryl methyl sites for hydroxylation is 1. The topological polar surface area (TPSA) is 106 Å². The second-order valence-corrected chi connectivity index (χ2v) is 7.62. The van der Waals surface area contributed by atoms with Crippen molar-refractivity contribution in [1.82, 2.24) is 20.8 Å². The van der Waals surface area contributed by atoms with Gasteiger partial charge in [0.25, 0.3) is 5.91 Å². The molecule has 0 bridgehead atoms. The van der Waals surface area contributed by atoms with Crippen LogP contribution in [0.25, 0.3) is 0 Å². The molecule has 30 heavy (non-hydrogen) atoms. The number of amides is 2. The smallest absolute Gasteiger partial charge is 0.255 e. The van der Waals surface area contributed by atoms with E-state index in [4.69, 9.17) is 9.26 Å². The van der Waals surface area contributed by atoms with Crippen LogP contribution in [0.15, 0.2) is 28.8 Å². The fourth-order valence-electron chi connectivity index (χ4n) is 3.86. The number of nitrogens with one attached hydrogen (secondary N) is 2. The summed E-state index contributed by atoms with van der Waals surface area (Å²) in [5.41, 5.74) is -0.0512. The van der Waals surface area contributed by atoms with E-state index in [9.17, 15) is 9.59 Å². The van der Waals surface area contributed by atoms with Gasteiger partial charge >= 0.3 is 0 Å². The molecule has 162 valence electrons. The molecule has 8 heteroatoms. The number of hydrogen-bond donors (Lipinski definition) is 2. The first-order valence-electron chi connectivity index (χ1n) is 10.7. The molecule has 1 fully saturated rings. The third-order valence-electron chi connectivity index (χ3n) is 5.34. The molecule has 1 aromatic heterocycles. The lowest BCUT2D eigenvalue weighted by Crippen LogP contribution is -2.48. The van der Waals surface area contributed by atoms with Gasteiger partial charge in [-0.2, -0.15) is 4.98 Å². The third kappa shape index (κ3) is 5.37. The Kier molecular flexibility index (Phi) is 7.43. The van der Waals surface area contributed by atoms with Crippen molar-refractivity contribution in [3.05, 3.63) is 41.5 Å². The van der Waals surface area contributed by atoms with Crippen LogP contribution in [0.1, 0.15) is 73.9 Å². The van der Waals surface area contributed by atoms with Crippen molar-refractivity contribution in [3.8, 4) is 5.75 Å². The Bertz CT molecular complexity index is 858. The van der Waals surface area contributed by atoms with Crippen LogP contribution >= 0.6 is 0 Å². The number of carbonyl (C=O) groups excluding carboxylic acids is 2. The second kappa shape index (κ2) is 10.2. The van der Waals surface area contributed by atoms with Gasteiger partial charge < -0.3 is 19.9 Å². The maximum atomic E-state index is 12.6. The zero-order chi connectivity index (χ0) is 21.4. The first-order valence-corrected chi connectivity index (χ1v) is 10.7. The van der Waals surface area contributed by atoms with E-state index in [1.165, 1.54) is 0 Å². The molecule has 8 nitrogen and oxygen atoms in total. The van der Waals surface area contributed by atoms with Gasteiger partial charge in [-0.05, 0) is 38.3 Å². The van der Waals surface area contributed by atoms with E-state index in [0.29, 0.717) is 49.0 Å². The van der Waals surface area contributed by atoms with Crippen LogP contribution in [-0.4, -0.2) is 35.1 Å². The van der Waals surface area contributed by atoms with Crippen LogP contribution < -0.4 is 15.4 Å². The largest absolute Gasteiger partial charge is 0.493 e. The summed E-state index contributed by atoms with van der Waals surface area (Å²) in [4.78, 5) is 29.4. The molecular weight excluding hydrogens is 384 g/mol. The standard InChI is InChI=1S/C22H30N4O4/c1-3-29-18-11-6-5-10-17(18)20(28)23-15-9-12-19(27)25-22(13-7-4-8-14-22)21-24-16(2)30-26-21/h5-6,10-11H,3-4,7-9,12-15H2,1-2H3,(H,23,28)(H,25,27). The Morgan fingerprint density at radius 3 is 2.67 bits per heavy atom. The number of aromatic nitrogens is 2. The van der Waals surface area contributed by atoms with Crippen LogP contribution in [0.2, 0.25) is 0 Å². The Morgan fingerprint density at radius 1 is 1.20 bits per heavy atom. The van der Waals surface area contributed by atoms with Gasteiger partial charge in [-0.3, -0.25) is 9.59 Å². The molecule has 3 rings (SSSR count). The van der Waals surface area contributed by atoms with Gasteiger partial charge in [-0.1, -0.05) is 36.6 Å². The summed E-state index contributed by atoms with van der Waals surface area (Å²) in [5.74, 6) is 1.35. The van der Waals surface area contributed by atoms with Gasteiger partial charge in [0.05, 0.1) is 12.2 Å². The van der Waals surface area contributed by atoms with E-state index < -0.39 is 5.54 Å². The summed E-state index contributed by atoms with van der Waals surface area (Å²) in [6.07, 6.45) is 5.64. The summed E-state index contributed by atoms with van der Waals surface area (Å²) in [7, 11) is 0. The number of ether oxygens (including phenoxy) is 1. The minimum absolute atomic E-state index is 0.0664. The first-order chi connectivity index (χ1) is 14.5. The summed E-state index contributed by atoms with van der Waals surface area (Å²) < 4.78 is 10.6. The molecule has 1 aliphatic rings. The average molecular weight is 415 g/mol. The van der Waals surface area contributed by atoms with E-state index in [0.717, 1.165) is 32.1 Å². The van der Waals surface area contributed by atoms with Gasteiger partial charge in [0.2, 0.25) is 11.8 Å². The van der Waals surface area contributed by atoms with Crippen molar-refractivity contribution in [2.24, 2.45) is 0 Å². The van der Waals surface area contributed by atoms with Gasteiger partial charge in [-0.25, -0.2) is 0 Å². The van der Waals surface area contributed by atoms with E-state index in [-0.39, 0.29) is 11.8 Å². The Morgan fingerprint density at radius 2 is 1.97 bits per heavy atom. The van der Waals surface area contributed by atoms with E-state index in [1.54, 1.807) is 25.1 Å². The summed E-state index contributed by atoms with van der Waals surface area (Å²) in [5, 5.41) is 10.1. The van der Waals surface area contributed by atoms with Crippen LogP contribution in [-0.2, 0) is 10.3 Å². The molecule has 0 atom stereocenters. The van der Waals surface area contributed by atoms with Crippen molar-refractivity contribution in [3.63, 3.8) is 0 Å². The summed E-state index contributed by atoms with van der Waals surface area (Å²) >= 11 is 0. The molecule has 0 aliphatic heterocycles. The average Bonchev–Trinajstić information content (AvgIpc) is 3.19. The molecule has 2 aromatic rings. The van der Waals surface area contributed by atoms with Crippen molar-refractivity contribution in [2.75, 3.05) is 13.2 Å². The van der Waals surface area contributed by atoms with Crippen LogP contribution in [0.4, 0.5) is 0 Å². The number of hydrogen-bond acceptors (Lipinski definition) is 6. The highest BCUT2D eigenvalue weighted by Gasteiger charge is 2.39. The maximum Gasteiger partial charge on any atom is 0.255 e. The van der Waals surface area contributed by atoms with E-state index >= 15 is 0 Å². The first kappa shape index (κ1) is 21.8. The molecule has 0 spiro atoms. The van der Waals surface area contributed by atoms with Crippen molar-refractivity contribution in [1.29, 1.82) is 0 Å². The lowest BCUT2D eigenvalue weighted by atomic mass is 9.81. The molecular formula is C22H30N4O4. The number of nitrogens with zero attached hydrogens (tertiary/aromatic N) is 2. The molecule has 2 amide bonds. The molecule has 1 saturated carbocycles. The molecule has 1 aliphatic carbocycles. The number of para-hydroxylation sites is 1. The fraction of sp³-hybridized carbons (Fsp3) is 0.545. The molecule has 1 heterocycles. The SMILES string of the molecule is CCOc1ccccc1C(=O)NCCCC(=O)NC1(c2noc(C)n2)CCCCC1. The molecule has 0 radical (unpaired) electrons. The molecule has 1 aromatic carbocycles. The maximum absolute atomic E-state index is 12.6. The zero-order valence-electron chi connectivity index (χ0n) is 17.7. The fourth-order valence-corrected chi connectivity index (χ4v) is 3.86. The van der Waals surface area contributed by atoms with Crippen molar-refractivity contribution >= 4 is 11.8 Å². The Labute approximate surface area is 176 Å². The predicted molar refractivity (Wildman–Crippen MR) is 111 cm³/mol. The minimum Gasteiger partial charge on any atom is -0.493 e. The number of carbonyl (C=O) groups is 2. The van der Waals surface area contributed by atoms with Gasteiger partial charge in [0.15, 0.2) is 5.82 Å². The highest BCUT2D eigenvalue weighted by molar-refractivity contribution is 5.96. The second-order valence-electron chi connectivity index (χ2n) is 7.62. The lowest BCUT2D eigenvalue weighted by Gasteiger charge is -2.35. The third-order valence-corrected chi connectivity index (χ3v) is 5.34. The number of rotatable bonds is 9. The Hall–Kier alpha value is -2.90. The monoisotopic (exact) mass is 414 g/mol. The highest BCUT2D eigenvalue weighted by Crippen LogP contribution is 2.35.